The van der Waals surface area contributed by atoms with Gasteiger partial charge in [0.2, 0.25) is 0 Å². The maximum atomic E-state index is 12.2. The van der Waals surface area contributed by atoms with E-state index in [0.29, 0.717) is 5.92 Å². The van der Waals surface area contributed by atoms with Crippen molar-refractivity contribution in [2.45, 2.75) is 38.1 Å². The zero-order valence-corrected chi connectivity index (χ0v) is 12.4. The SMILES string of the molecule is FC(F)(F)Oc1ccc(-n2nc(C3CC3)c3c2CCNC3)cc1. The van der Waals surface area contributed by atoms with Gasteiger partial charge >= 0.3 is 6.36 Å². The van der Waals surface area contributed by atoms with Gasteiger partial charge in [-0.3, -0.25) is 0 Å². The van der Waals surface area contributed by atoms with Gasteiger partial charge in [0, 0.05) is 31.0 Å². The minimum Gasteiger partial charge on any atom is -0.406 e. The van der Waals surface area contributed by atoms with Gasteiger partial charge in [0.15, 0.2) is 0 Å². The van der Waals surface area contributed by atoms with E-state index in [1.807, 2.05) is 4.68 Å². The molecule has 0 spiro atoms. The van der Waals surface area contributed by atoms with Crippen LogP contribution in [0.4, 0.5) is 13.2 Å². The Hall–Kier alpha value is -2.02. The topological polar surface area (TPSA) is 39.1 Å². The Kier molecular flexibility index (Phi) is 3.33. The number of hydrogen-bond donors (Lipinski definition) is 1. The molecule has 0 amide bonds. The molecule has 0 saturated heterocycles. The Morgan fingerprint density at radius 3 is 2.57 bits per heavy atom. The first-order chi connectivity index (χ1) is 11.0. The summed E-state index contributed by atoms with van der Waals surface area (Å²) >= 11 is 0. The fourth-order valence-corrected chi connectivity index (χ4v) is 3.06. The first-order valence-corrected chi connectivity index (χ1v) is 7.69. The second-order valence-corrected chi connectivity index (χ2v) is 5.97. The van der Waals surface area contributed by atoms with Crippen LogP contribution in [0.1, 0.15) is 35.7 Å². The molecule has 2 aromatic rings. The molecule has 1 fully saturated rings. The van der Waals surface area contributed by atoms with Crippen LogP contribution in [0.5, 0.6) is 5.75 Å². The number of fused-ring (bicyclic) bond motifs is 1. The lowest BCUT2D eigenvalue weighted by Gasteiger charge is -2.16. The van der Waals surface area contributed by atoms with E-state index in [2.05, 4.69) is 10.1 Å². The van der Waals surface area contributed by atoms with Gasteiger partial charge in [-0.15, -0.1) is 13.2 Å². The number of nitrogens with zero attached hydrogens (tertiary/aromatic N) is 2. The Morgan fingerprint density at radius 2 is 1.91 bits per heavy atom. The molecule has 1 aliphatic heterocycles. The van der Waals surface area contributed by atoms with E-state index in [1.54, 1.807) is 12.1 Å². The van der Waals surface area contributed by atoms with Gasteiger partial charge in [0.1, 0.15) is 5.75 Å². The lowest BCUT2D eigenvalue weighted by molar-refractivity contribution is -0.274. The number of halogens is 3. The van der Waals surface area contributed by atoms with Crippen molar-refractivity contribution >= 4 is 0 Å². The Balaban J connectivity index is 1.67. The van der Waals surface area contributed by atoms with Gasteiger partial charge in [-0.2, -0.15) is 5.10 Å². The van der Waals surface area contributed by atoms with E-state index in [0.717, 1.165) is 36.6 Å². The molecular weight excluding hydrogens is 307 g/mol. The lowest BCUT2D eigenvalue weighted by Crippen LogP contribution is -2.25. The van der Waals surface area contributed by atoms with Gasteiger partial charge in [0.05, 0.1) is 17.1 Å². The number of nitrogens with one attached hydrogen (secondary N) is 1. The standard InChI is InChI=1S/C16H16F3N3O/c17-16(18,19)23-12-5-3-11(4-6-12)22-14-7-8-20-9-13(14)15(21-22)10-1-2-10/h3-6,10,20H,1-2,7-9H2. The third kappa shape index (κ3) is 2.93. The smallest absolute Gasteiger partial charge is 0.406 e. The molecule has 7 heteroatoms. The molecule has 122 valence electrons. The third-order valence-electron chi connectivity index (χ3n) is 4.24. The molecule has 1 aromatic heterocycles. The molecule has 0 atom stereocenters. The highest BCUT2D eigenvalue weighted by molar-refractivity contribution is 5.43. The van der Waals surface area contributed by atoms with Crippen LogP contribution in [0, 0.1) is 0 Å². The molecule has 2 heterocycles. The largest absolute Gasteiger partial charge is 0.573 e. The van der Waals surface area contributed by atoms with Crippen molar-refractivity contribution in [3.63, 3.8) is 0 Å². The molecule has 0 unspecified atom stereocenters. The molecule has 1 aliphatic carbocycles. The molecule has 4 nitrogen and oxygen atoms in total. The summed E-state index contributed by atoms with van der Waals surface area (Å²) in [6.45, 7) is 1.70. The first kappa shape index (κ1) is 14.6. The average Bonchev–Trinajstić information content (AvgIpc) is 3.28. The number of rotatable bonds is 3. The van der Waals surface area contributed by atoms with Gasteiger partial charge in [-0.1, -0.05) is 0 Å². The third-order valence-corrected chi connectivity index (χ3v) is 4.24. The van der Waals surface area contributed by atoms with Gasteiger partial charge in [-0.05, 0) is 37.1 Å². The number of ether oxygens (including phenoxy) is 1. The highest BCUT2D eigenvalue weighted by atomic mass is 19.4. The van der Waals surface area contributed by atoms with Crippen molar-refractivity contribution in [2.24, 2.45) is 0 Å². The van der Waals surface area contributed by atoms with E-state index in [-0.39, 0.29) is 5.75 Å². The summed E-state index contributed by atoms with van der Waals surface area (Å²) in [6, 6.07) is 5.89. The van der Waals surface area contributed by atoms with Gasteiger partial charge in [-0.25, -0.2) is 4.68 Å². The Labute approximate surface area is 131 Å². The highest BCUT2D eigenvalue weighted by Gasteiger charge is 2.33. The van der Waals surface area contributed by atoms with Crippen molar-refractivity contribution in [2.75, 3.05) is 6.54 Å². The molecular formula is C16H16F3N3O. The Morgan fingerprint density at radius 1 is 1.17 bits per heavy atom. The first-order valence-electron chi connectivity index (χ1n) is 7.69. The highest BCUT2D eigenvalue weighted by Crippen LogP contribution is 2.42. The van der Waals surface area contributed by atoms with Crippen molar-refractivity contribution in [3.05, 3.63) is 41.2 Å². The maximum Gasteiger partial charge on any atom is 0.573 e. The van der Waals surface area contributed by atoms with Gasteiger partial charge in [0.25, 0.3) is 0 Å². The number of alkyl halides is 3. The number of benzene rings is 1. The summed E-state index contributed by atoms with van der Waals surface area (Å²) in [4.78, 5) is 0. The zero-order chi connectivity index (χ0) is 16.0. The summed E-state index contributed by atoms with van der Waals surface area (Å²) in [6.07, 6.45) is -1.46. The van der Waals surface area contributed by atoms with Crippen LogP contribution in [0.25, 0.3) is 5.69 Å². The number of aromatic nitrogens is 2. The van der Waals surface area contributed by atoms with Crippen LogP contribution < -0.4 is 10.1 Å². The summed E-state index contributed by atoms with van der Waals surface area (Å²) < 4.78 is 42.5. The predicted octanol–water partition coefficient (Wildman–Crippen LogP) is 3.29. The van der Waals surface area contributed by atoms with Crippen LogP contribution in [0.15, 0.2) is 24.3 Å². The van der Waals surface area contributed by atoms with Gasteiger partial charge < -0.3 is 10.1 Å². The quantitative estimate of drug-likeness (QED) is 0.942. The van der Waals surface area contributed by atoms with Crippen molar-refractivity contribution in [3.8, 4) is 11.4 Å². The monoisotopic (exact) mass is 323 g/mol. The lowest BCUT2D eigenvalue weighted by atomic mass is 10.0. The van der Waals surface area contributed by atoms with Crippen molar-refractivity contribution < 1.29 is 17.9 Å². The second kappa shape index (κ2) is 5.26. The van der Waals surface area contributed by atoms with Crippen LogP contribution >= 0.6 is 0 Å². The van der Waals surface area contributed by atoms with E-state index in [4.69, 9.17) is 5.10 Å². The molecule has 0 bridgehead atoms. The normalized spacial score (nSPS) is 17.9. The molecule has 4 rings (SSSR count). The molecule has 2 aliphatic rings. The van der Waals surface area contributed by atoms with Crippen molar-refractivity contribution in [1.82, 2.24) is 15.1 Å². The minimum atomic E-state index is -4.67. The summed E-state index contributed by atoms with van der Waals surface area (Å²) in [5.74, 6) is 0.323. The molecule has 0 radical (unpaired) electrons. The Bertz CT molecular complexity index is 717. The minimum absolute atomic E-state index is 0.216. The summed E-state index contributed by atoms with van der Waals surface area (Å²) in [5, 5.41) is 8.11. The van der Waals surface area contributed by atoms with E-state index < -0.39 is 6.36 Å². The maximum absolute atomic E-state index is 12.2. The summed E-state index contributed by atoms with van der Waals surface area (Å²) in [5.41, 5.74) is 4.33. The molecule has 1 N–H and O–H groups in total. The van der Waals surface area contributed by atoms with Crippen LogP contribution in [-0.4, -0.2) is 22.7 Å². The fourth-order valence-electron chi connectivity index (χ4n) is 3.06. The van der Waals surface area contributed by atoms with E-state index in [1.165, 1.54) is 30.5 Å². The predicted molar refractivity (Wildman–Crippen MR) is 77.6 cm³/mol. The van der Waals surface area contributed by atoms with Crippen molar-refractivity contribution in [1.29, 1.82) is 0 Å². The average molecular weight is 323 g/mol. The van der Waals surface area contributed by atoms with Crippen LogP contribution in [0.2, 0.25) is 0 Å². The molecule has 1 aromatic carbocycles. The van der Waals surface area contributed by atoms with Crippen LogP contribution in [0.3, 0.4) is 0 Å². The molecule has 1 saturated carbocycles. The van der Waals surface area contributed by atoms with Crippen LogP contribution in [-0.2, 0) is 13.0 Å². The molecule has 23 heavy (non-hydrogen) atoms. The summed E-state index contributed by atoms with van der Waals surface area (Å²) in [7, 11) is 0. The van der Waals surface area contributed by atoms with E-state index >= 15 is 0 Å². The second-order valence-electron chi connectivity index (χ2n) is 5.97. The number of hydrogen-bond acceptors (Lipinski definition) is 3. The van der Waals surface area contributed by atoms with E-state index in [9.17, 15) is 13.2 Å². The fraction of sp³-hybridized carbons (Fsp3) is 0.438. The zero-order valence-electron chi connectivity index (χ0n) is 12.4.